The molecule has 0 bridgehead atoms. The van der Waals surface area contributed by atoms with Crippen molar-refractivity contribution in [2.24, 2.45) is 7.05 Å². The number of aromatic nitrogens is 1. The monoisotopic (exact) mass is 273 g/mol. The van der Waals surface area contributed by atoms with Crippen LogP contribution in [0.1, 0.15) is 0 Å². The van der Waals surface area contributed by atoms with Gasteiger partial charge in [-0.2, -0.15) is 0 Å². The number of hydrogen-bond donors (Lipinski definition) is 1. The van der Waals surface area contributed by atoms with Crippen molar-refractivity contribution in [1.29, 1.82) is 0 Å². The summed E-state index contributed by atoms with van der Waals surface area (Å²) in [5.41, 5.74) is 4.50. The maximum Gasteiger partial charge on any atom is 0.116 e. The number of phenolic OH excluding ortho intramolecular Hbond substituents is 1. The Morgan fingerprint density at radius 2 is 1.52 bits per heavy atom. The van der Waals surface area contributed by atoms with Crippen LogP contribution in [-0.2, 0) is 7.05 Å². The fourth-order valence-corrected chi connectivity index (χ4v) is 3.14. The Labute approximate surface area is 122 Å². The van der Waals surface area contributed by atoms with E-state index in [1.165, 1.54) is 10.9 Å². The Morgan fingerprint density at radius 1 is 0.810 bits per heavy atom. The third-order valence-electron chi connectivity index (χ3n) is 4.07. The summed E-state index contributed by atoms with van der Waals surface area (Å²) >= 11 is 0. The molecule has 0 amide bonds. The molecule has 0 aliphatic heterocycles. The predicted octanol–water partition coefficient (Wildman–Crippen LogP) is 4.70. The number of hydrogen-bond acceptors (Lipinski definition) is 1. The van der Waals surface area contributed by atoms with Crippen LogP contribution in [0.2, 0.25) is 0 Å². The average molecular weight is 273 g/mol. The molecule has 0 fully saturated rings. The van der Waals surface area contributed by atoms with Crippen molar-refractivity contribution in [2.45, 2.75) is 0 Å². The fourth-order valence-electron chi connectivity index (χ4n) is 3.14. The van der Waals surface area contributed by atoms with Gasteiger partial charge >= 0.3 is 0 Å². The van der Waals surface area contributed by atoms with Crippen LogP contribution in [0.4, 0.5) is 0 Å². The first-order valence-electron chi connectivity index (χ1n) is 7.01. The molecule has 102 valence electrons. The van der Waals surface area contributed by atoms with Gasteiger partial charge in [-0.25, -0.2) is 0 Å². The topological polar surface area (TPSA) is 25.2 Å². The molecular weight excluding hydrogens is 258 g/mol. The Bertz CT molecular complexity index is 952. The number of nitrogens with zero attached hydrogens (tertiary/aromatic N) is 1. The van der Waals surface area contributed by atoms with E-state index in [0.717, 1.165) is 22.0 Å². The third-order valence-corrected chi connectivity index (χ3v) is 4.07. The molecule has 0 spiro atoms. The number of phenols is 1. The molecule has 0 saturated carbocycles. The molecule has 1 N–H and O–H groups in total. The molecule has 4 aromatic rings. The maximum atomic E-state index is 10.1. The quantitative estimate of drug-likeness (QED) is 0.534. The van der Waals surface area contributed by atoms with E-state index in [2.05, 4.69) is 35.9 Å². The molecule has 21 heavy (non-hydrogen) atoms. The van der Waals surface area contributed by atoms with Crippen molar-refractivity contribution in [3.63, 3.8) is 0 Å². The Kier molecular flexibility index (Phi) is 2.51. The van der Waals surface area contributed by atoms with Crippen LogP contribution in [0.3, 0.4) is 0 Å². The first-order valence-corrected chi connectivity index (χ1v) is 7.01. The van der Waals surface area contributed by atoms with E-state index in [1.54, 1.807) is 0 Å². The number of rotatable bonds is 1. The van der Waals surface area contributed by atoms with E-state index in [4.69, 9.17) is 0 Å². The zero-order chi connectivity index (χ0) is 14.4. The van der Waals surface area contributed by atoms with Crippen molar-refractivity contribution in [3.05, 3.63) is 66.7 Å². The molecule has 0 aliphatic rings. The largest absolute Gasteiger partial charge is 0.508 e. The zero-order valence-corrected chi connectivity index (χ0v) is 11.7. The number of aromatic hydroxyl groups is 1. The van der Waals surface area contributed by atoms with Gasteiger partial charge in [-0.1, -0.05) is 48.5 Å². The van der Waals surface area contributed by atoms with Crippen molar-refractivity contribution < 1.29 is 5.11 Å². The molecule has 2 heteroatoms. The standard InChI is InChI=1S/C19H15NO/c1-20-18-10-6-5-9-15(18)17-12-14(21)11-16(19(17)20)13-7-3-2-4-8-13/h2-12,21H,1H3. The number of aryl methyl sites for hydroxylation is 1. The Morgan fingerprint density at radius 3 is 2.33 bits per heavy atom. The lowest BCUT2D eigenvalue weighted by molar-refractivity contribution is 0.476. The van der Waals surface area contributed by atoms with E-state index in [1.807, 2.05) is 42.5 Å². The predicted molar refractivity (Wildman–Crippen MR) is 87.5 cm³/mol. The Hall–Kier alpha value is -2.74. The summed E-state index contributed by atoms with van der Waals surface area (Å²) in [5.74, 6) is 0.303. The summed E-state index contributed by atoms with van der Waals surface area (Å²) in [7, 11) is 2.08. The van der Waals surface area contributed by atoms with Crippen molar-refractivity contribution in [2.75, 3.05) is 0 Å². The highest BCUT2D eigenvalue weighted by Crippen LogP contribution is 2.37. The van der Waals surface area contributed by atoms with Crippen LogP contribution in [0, 0.1) is 0 Å². The third kappa shape index (κ3) is 1.73. The molecule has 1 aromatic heterocycles. The van der Waals surface area contributed by atoms with Gasteiger partial charge in [0.1, 0.15) is 5.75 Å². The van der Waals surface area contributed by atoms with E-state index in [0.29, 0.717) is 5.75 Å². The summed E-state index contributed by atoms with van der Waals surface area (Å²) < 4.78 is 2.20. The van der Waals surface area contributed by atoms with E-state index in [9.17, 15) is 5.11 Å². The first-order chi connectivity index (χ1) is 10.3. The average Bonchev–Trinajstić information content (AvgIpc) is 2.81. The first kappa shape index (κ1) is 12.0. The molecule has 4 rings (SSSR count). The molecule has 0 aliphatic carbocycles. The minimum Gasteiger partial charge on any atom is -0.508 e. The van der Waals surface area contributed by atoms with Crippen molar-refractivity contribution >= 4 is 21.8 Å². The zero-order valence-electron chi connectivity index (χ0n) is 11.7. The molecule has 1 heterocycles. The maximum absolute atomic E-state index is 10.1. The molecule has 0 radical (unpaired) electrons. The van der Waals surface area contributed by atoms with Crippen LogP contribution in [0.15, 0.2) is 66.7 Å². The number of para-hydroxylation sites is 1. The van der Waals surface area contributed by atoms with Gasteiger partial charge in [0, 0.05) is 28.9 Å². The van der Waals surface area contributed by atoms with Gasteiger partial charge < -0.3 is 9.67 Å². The molecule has 2 nitrogen and oxygen atoms in total. The second-order valence-electron chi connectivity index (χ2n) is 5.33. The SMILES string of the molecule is Cn1c2ccccc2c2cc(O)cc(-c3ccccc3)c21. The fraction of sp³-hybridized carbons (Fsp3) is 0.0526. The highest BCUT2D eigenvalue weighted by molar-refractivity contribution is 6.13. The number of benzene rings is 3. The minimum atomic E-state index is 0.303. The van der Waals surface area contributed by atoms with Gasteiger partial charge in [-0.05, 0) is 23.8 Å². The second kappa shape index (κ2) is 4.38. The summed E-state index contributed by atoms with van der Waals surface area (Å²) in [6, 6.07) is 22.2. The summed E-state index contributed by atoms with van der Waals surface area (Å²) in [6.45, 7) is 0. The van der Waals surface area contributed by atoms with Gasteiger partial charge in [-0.3, -0.25) is 0 Å². The summed E-state index contributed by atoms with van der Waals surface area (Å²) in [4.78, 5) is 0. The van der Waals surface area contributed by atoms with Gasteiger partial charge in [0.25, 0.3) is 0 Å². The van der Waals surface area contributed by atoms with Gasteiger partial charge in [-0.15, -0.1) is 0 Å². The smallest absolute Gasteiger partial charge is 0.116 e. The molecule has 0 saturated heterocycles. The minimum absolute atomic E-state index is 0.303. The Balaban J connectivity index is 2.22. The second-order valence-corrected chi connectivity index (χ2v) is 5.33. The lowest BCUT2D eigenvalue weighted by Crippen LogP contribution is -1.89. The van der Waals surface area contributed by atoms with Crippen LogP contribution in [0.25, 0.3) is 32.9 Å². The van der Waals surface area contributed by atoms with E-state index < -0.39 is 0 Å². The highest BCUT2D eigenvalue weighted by atomic mass is 16.3. The van der Waals surface area contributed by atoms with Crippen LogP contribution in [0.5, 0.6) is 5.75 Å². The van der Waals surface area contributed by atoms with Crippen molar-refractivity contribution in [3.8, 4) is 16.9 Å². The van der Waals surface area contributed by atoms with E-state index in [-0.39, 0.29) is 0 Å². The van der Waals surface area contributed by atoms with Crippen LogP contribution >= 0.6 is 0 Å². The van der Waals surface area contributed by atoms with E-state index >= 15 is 0 Å². The van der Waals surface area contributed by atoms with Gasteiger partial charge in [0.05, 0.1) is 5.52 Å². The van der Waals surface area contributed by atoms with Crippen molar-refractivity contribution in [1.82, 2.24) is 4.57 Å². The van der Waals surface area contributed by atoms with Crippen LogP contribution in [-0.4, -0.2) is 9.67 Å². The highest BCUT2D eigenvalue weighted by Gasteiger charge is 2.14. The van der Waals surface area contributed by atoms with Crippen LogP contribution < -0.4 is 0 Å². The molecule has 0 atom stereocenters. The lowest BCUT2D eigenvalue weighted by atomic mass is 10.0. The summed E-state index contributed by atoms with van der Waals surface area (Å²) in [6.07, 6.45) is 0. The number of fused-ring (bicyclic) bond motifs is 3. The molecule has 3 aromatic carbocycles. The molecule has 0 unspecified atom stereocenters. The summed E-state index contributed by atoms with van der Waals surface area (Å²) in [5, 5.41) is 12.4. The van der Waals surface area contributed by atoms with Gasteiger partial charge in [0.2, 0.25) is 0 Å². The van der Waals surface area contributed by atoms with Gasteiger partial charge in [0.15, 0.2) is 0 Å². The normalized spacial score (nSPS) is 11.3. The molecular formula is C19H15NO. The lowest BCUT2D eigenvalue weighted by Gasteiger charge is -2.08.